The minimum atomic E-state index is -0.364. The second kappa shape index (κ2) is 6.29. The van der Waals surface area contributed by atoms with E-state index >= 15 is 0 Å². The van der Waals surface area contributed by atoms with Crippen LogP contribution in [0.2, 0.25) is 0 Å². The van der Waals surface area contributed by atoms with E-state index in [2.05, 4.69) is 10.1 Å². The summed E-state index contributed by atoms with van der Waals surface area (Å²) in [7, 11) is 0. The first-order chi connectivity index (χ1) is 9.20. The number of hydrogen-bond acceptors (Lipinski definition) is 6. The summed E-state index contributed by atoms with van der Waals surface area (Å²) in [4.78, 5) is 15.7. The lowest BCUT2D eigenvalue weighted by Crippen LogP contribution is -2.06. The van der Waals surface area contributed by atoms with Gasteiger partial charge in [0.15, 0.2) is 6.61 Å². The number of rotatable bonds is 5. The van der Waals surface area contributed by atoms with E-state index in [-0.39, 0.29) is 12.6 Å². The number of hydrogen-bond donors (Lipinski definition) is 0. The molecule has 0 radical (unpaired) electrons. The normalized spacial score (nSPS) is 11.6. The molecule has 0 fully saturated rings. The molecule has 0 amide bonds. The van der Waals surface area contributed by atoms with E-state index in [1.807, 2.05) is 29.8 Å². The third-order valence-electron chi connectivity index (χ3n) is 2.41. The highest BCUT2D eigenvalue weighted by atomic mass is 32.1. The molecule has 0 aromatic carbocycles. The Hall–Kier alpha value is -1.95. The highest BCUT2D eigenvalue weighted by Crippen LogP contribution is 2.18. The molecule has 19 heavy (non-hydrogen) atoms. The summed E-state index contributed by atoms with van der Waals surface area (Å²) in [5.41, 5.74) is 1.48. The van der Waals surface area contributed by atoms with Gasteiger partial charge < -0.3 is 9.26 Å². The number of nitrogens with zero attached hydrogens (tertiary/aromatic N) is 2. The Morgan fingerprint density at radius 3 is 3.11 bits per heavy atom. The van der Waals surface area contributed by atoms with Gasteiger partial charge in [-0.15, -0.1) is 0 Å². The van der Waals surface area contributed by atoms with Crippen molar-refractivity contribution in [1.29, 1.82) is 0 Å². The Labute approximate surface area is 114 Å². The summed E-state index contributed by atoms with van der Waals surface area (Å²) >= 11 is 1.56. The summed E-state index contributed by atoms with van der Waals surface area (Å²) < 4.78 is 10.1. The van der Waals surface area contributed by atoms with Crippen LogP contribution in [-0.4, -0.2) is 16.1 Å². The SMILES string of the molecule is CC/C=C(/C)C(=O)OCc1nc(-c2ccsc2)no1. The average molecular weight is 278 g/mol. The maximum absolute atomic E-state index is 11.6. The molecule has 5 nitrogen and oxygen atoms in total. The van der Waals surface area contributed by atoms with Gasteiger partial charge in [-0.3, -0.25) is 0 Å². The number of ether oxygens (including phenoxy) is 1. The first-order valence-corrected chi connectivity index (χ1v) is 6.84. The first kappa shape index (κ1) is 13.5. The molecule has 0 aliphatic carbocycles. The zero-order valence-corrected chi connectivity index (χ0v) is 11.6. The summed E-state index contributed by atoms with van der Waals surface area (Å²) in [6.07, 6.45) is 2.61. The minimum absolute atomic E-state index is 0.00906. The van der Waals surface area contributed by atoms with Crippen molar-refractivity contribution in [2.45, 2.75) is 26.9 Å². The molecule has 0 spiro atoms. The monoisotopic (exact) mass is 278 g/mol. The van der Waals surface area contributed by atoms with Crippen LogP contribution in [0.3, 0.4) is 0 Å². The average Bonchev–Trinajstić information content (AvgIpc) is 3.06. The van der Waals surface area contributed by atoms with Crippen molar-refractivity contribution in [3.8, 4) is 11.4 Å². The van der Waals surface area contributed by atoms with Crippen molar-refractivity contribution >= 4 is 17.3 Å². The van der Waals surface area contributed by atoms with Gasteiger partial charge in [0, 0.05) is 16.5 Å². The number of esters is 1. The topological polar surface area (TPSA) is 65.2 Å². The lowest BCUT2D eigenvalue weighted by molar-refractivity contribution is -0.141. The van der Waals surface area contributed by atoms with Crippen LogP contribution >= 0.6 is 11.3 Å². The van der Waals surface area contributed by atoms with Gasteiger partial charge in [-0.1, -0.05) is 18.2 Å². The highest BCUT2D eigenvalue weighted by molar-refractivity contribution is 7.08. The van der Waals surface area contributed by atoms with Gasteiger partial charge in [0.25, 0.3) is 5.89 Å². The fraction of sp³-hybridized carbons (Fsp3) is 0.308. The van der Waals surface area contributed by atoms with Crippen LogP contribution < -0.4 is 0 Å². The molecule has 6 heteroatoms. The third-order valence-corrected chi connectivity index (χ3v) is 3.09. The van der Waals surface area contributed by atoms with Gasteiger partial charge in [-0.2, -0.15) is 16.3 Å². The fourth-order valence-corrected chi connectivity index (χ4v) is 2.09. The summed E-state index contributed by atoms with van der Waals surface area (Å²) in [6, 6.07) is 1.90. The van der Waals surface area contributed by atoms with Crippen LogP contribution in [0.15, 0.2) is 33.0 Å². The largest absolute Gasteiger partial charge is 0.452 e. The van der Waals surface area contributed by atoms with Crippen LogP contribution in [0.25, 0.3) is 11.4 Å². The van der Waals surface area contributed by atoms with E-state index in [9.17, 15) is 4.79 Å². The van der Waals surface area contributed by atoms with E-state index in [1.54, 1.807) is 18.3 Å². The molecule has 0 N–H and O–H groups in total. The molecule has 0 atom stereocenters. The highest BCUT2D eigenvalue weighted by Gasteiger charge is 2.11. The molecule has 0 aliphatic rings. The number of carbonyl (C=O) groups is 1. The third kappa shape index (κ3) is 3.51. The van der Waals surface area contributed by atoms with Gasteiger partial charge in [0.05, 0.1) is 0 Å². The second-order valence-electron chi connectivity index (χ2n) is 3.90. The summed E-state index contributed by atoms with van der Waals surface area (Å²) in [5, 5.41) is 7.69. The zero-order chi connectivity index (χ0) is 13.7. The fourth-order valence-electron chi connectivity index (χ4n) is 1.45. The molecule has 0 saturated carbocycles. The van der Waals surface area contributed by atoms with Crippen LogP contribution in [0.4, 0.5) is 0 Å². The lowest BCUT2D eigenvalue weighted by atomic mass is 10.2. The Bertz CT molecular complexity index is 572. The van der Waals surface area contributed by atoms with Crippen molar-refractivity contribution < 1.29 is 14.1 Å². The van der Waals surface area contributed by atoms with Crippen LogP contribution in [0.1, 0.15) is 26.2 Å². The summed E-state index contributed by atoms with van der Waals surface area (Å²) in [6.45, 7) is 3.67. The van der Waals surface area contributed by atoms with Crippen molar-refractivity contribution in [1.82, 2.24) is 10.1 Å². The van der Waals surface area contributed by atoms with Crippen molar-refractivity contribution in [3.63, 3.8) is 0 Å². The van der Waals surface area contributed by atoms with Gasteiger partial charge >= 0.3 is 5.97 Å². The van der Waals surface area contributed by atoms with E-state index in [1.165, 1.54) is 0 Å². The molecule has 2 aromatic heterocycles. The smallest absolute Gasteiger partial charge is 0.333 e. The van der Waals surface area contributed by atoms with Gasteiger partial charge in [0.2, 0.25) is 5.82 Å². The molecule has 0 bridgehead atoms. The van der Waals surface area contributed by atoms with Crippen molar-refractivity contribution in [2.24, 2.45) is 0 Å². The number of aromatic nitrogens is 2. The number of carbonyl (C=O) groups excluding carboxylic acids is 1. The van der Waals surface area contributed by atoms with Crippen molar-refractivity contribution in [2.75, 3.05) is 0 Å². The Morgan fingerprint density at radius 1 is 1.58 bits per heavy atom. The quantitative estimate of drug-likeness (QED) is 0.620. The number of thiophene rings is 1. The van der Waals surface area contributed by atoms with Crippen molar-refractivity contribution in [3.05, 3.63) is 34.4 Å². The van der Waals surface area contributed by atoms with Gasteiger partial charge in [-0.25, -0.2) is 4.79 Å². The van der Waals surface area contributed by atoms with E-state index < -0.39 is 0 Å². The Morgan fingerprint density at radius 2 is 2.42 bits per heavy atom. The molecule has 0 unspecified atom stereocenters. The molecular formula is C13H14N2O3S. The zero-order valence-electron chi connectivity index (χ0n) is 10.8. The standard InChI is InChI=1S/C13H14N2O3S/c1-3-4-9(2)13(16)17-7-11-14-12(15-18-11)10-5-6-19-8-10/h4-6,8H,3,7H2,1-2H3/b9-4-. The second-order valence-corrected chi connectivity index (χ2v) is 4.68. The van der Waals surface area contributed by atoms with Crippen LogP contribution in [-0.2, 0) is 16.1 Å². The summed E-state index contributed by atoms with van der Waals surface area (Å²) in [5.74, 6) is 0.434. The molecule has 2 heterocycles. The van der Waals surface area contributed by atoms with Gasteiger partial charge in [0.1, 0.15) is 0 Å². The van der Waals surface area contributed by atoms with E-state index in [0.29, 0.717) is 17.3 Å². The Balaban J connectivity index is 1.94. The maximum atomic E-state index is 11.6. The molecular weight excluding hydrogens is 264 g/mol. The minimum Gasteiger partial charge on any atom is -0.452 e. The molecule has 0 aliphatic heterocycles. The Kier molecular flexibility index (Phi) is 4.46. The van der Waals surface area contributed by atoms with Gasteiger partial charge in [-0.05, 0) is 24.8 Å². The van der Waals surface area contributed by atoms with Crippen LogP contribution in [0, 0.1) is 0 Å². The molecule has 2 aromatic rings. The molecule has 0 saturated heterocycles. The molecule has 100 valence electrons. The van der Waals surface area contributed by atoms with E-state index in [0.717, 1.165) is 12.0 Å². The van der Waals surface area contributed by atoms with Crippen LogP contribution in [0.5, 0.6) is 0 Å². The lowest BCUT2D eigenvalue weighted by Gasteiger charge is -2.00. The predicted octanol–water partition coefficient (Wildman–Crippen LogP) is 3.20. The molecule has 2 rings (SSSR count). The first-order valence-electron chi connectivity index (χ1n) is 5.89. The van der Waals surface area contributed by atoms with E-state index in [4.69, 9.17) is 9.26 Å². The predicted molar refractivity (Wildman–Crippen MR) is 71.5 cm³/mol. The maximum Gasteiger partial charge on any atom is 0.333 e. The number of allylic oxidation sites excluding steroid dienone is 1.